The Hall–Kier alpha value is -2.86. The van der Waals surface area contributed by atoms with Gasteiger partial charge >= 0.3 is 6.61 Å². The zero-order valence-corrected chi connectivity index (χ0v) is 15.7. The number of benzene rings is 3. The number of carbonyl (C=O) groups excluding carboxylic acids is 1. The van der Waals surface area contributed by atoms with Crippen LogP contribution in [0.2, 0.25) is 0 Å². The molecule has 1 amide bonds. The number of rotatable bonds is 8. The van der Waals surface area contributed by atoms with E-state index in [9.17, 15) is 13.6 Å². The van der Waals surface area contributed by atoms with E-state index in [1.807, 2.05) is 60.7 Å². The van der Waals surface area contributed by atoms with Gasteiger partial charge in [0.1, 0.15) is 11.0 Å². The van der Waals surface area contributed by atoms with E-state index >= 15 is 0 Å². The first-order valence-electron chi connectivity index (χ1n) is 8.70. The van der Waals surface area contributed by atoms with E-state index in [0.29, 0.717) is 5.56 Å². The molecule has 3 aromatic carbocycles. The van der Waals surface area contributed by atoms with E-state index in [4.69, 9.17) is 0 Å². The Morgan fingerprint density at radius 1 is 0.893 bits per heavy atom. The Morgan fingerprint density at radius 3 is 2.18 bits per heavy atom. The van der Waals surface area contributed by atoms with Gasteiger partial charge in [-0.25, -0.2) is 0 Å². The quantitative estimate of drug-likeness (QED) is 0.513. The van der Waals surface area contributed by atoms with Crippen LogP contribution < -0.4 is 10.1 Å². The monoisotopic (exact) mass is 399 g/mol. The van der Waals surface area contributed by atoms with Crippen molar-refractivity contribution < 1.29 is 18.3 Å². The lowest BCUT2D eigenvalue weighted by atomic mass is 10.1. The van der Waals surface area contributed by atoms with Crippen molar-refractivity contribution in [1.29, 1.82) is 0 Å². The molecule has 0 spiro atoms. The number of nitrogens with one attached hydrogen (secondary N) is 1. The molecule has 0 heterocycles. The molecule has 0 fully saturated rings. The molecule has 3 nitrogen and oxygen atoms in total. The molecule has 144 valence electrons. The second kappa shape index (κ2) is 9.90. The predicted octanol–water partition coefficient (Wildman–Crippen LogP) is 5.44. The van der Waals surface area contributed by atoms with Gasteiger partial charge in [-0.05, 0) is 23.8 Å². The lowest BCUT2D eigenvalue weighted by molar-refractivity contribution is -0.120. The molecule has 1 atom stereocenters. The minimum atomic E-state index is -2.91. The van der Waals surface area contributed by atoms with Gasteiger partial charge in [-0.1, -0.05) is 66.7 Å². The Kier molecular flexibility index (Phi) is 7.03. The summed E-state index contributed by atoms with van der Waals surface area (Å²) < 4.78 is 29.7. The summed E-state index contributed by atoms with van der Waals surface area (Å²) in [6.07, 6.45) is 0. The summed E-state index contributed by atoms with van der Waals surface area (Å²) in [6, 6.07) is 25.5. The lowest BCUT2D eigenvalue weighted by Gasteiger charge is -2.18. The maximum Gasteiger partial charge on any atom is 0.387 e. The van der Waals surface area contributed by atoms with Gasteiger partial charge < -0.3 is 10.1 Å². The highest BCUT2D eigenvalue weighted by atomic mass is 32.2. The van der Waals surface area contributed by atoms with E-state index in [1.54, 1.807) is 18.2 Å². The van der Waals surface area contributed by atoms with Crippen molar-refractivity contribution in [3.8, 4) is 5.75 Å². The molecule has 3 rings (SSSR count). The van der Waals surface area contributed by atoms with Gasteiger partial charge in [0.15, 0.2) is 0 Å². The van der Waals surface area contributed by atoms with Crippen molar-refractivity contribution in [2.75, 3.05) is 0 Å². The third kappa shape index (κ3) is 5.57. The fraction of sp³-hybridized carbons (Fsp3) is 0.136. The van der Waals surface area contributed by atoms with E-state index in [1.165, 1.54) is 17.8 Å². The minimum absolute atomic E-state index is 0.0600. The lowest BCUT2D eigenvalue weighted by Crippen LogP contribution is -2.27. The summed E-state index contributed by atoms with van der Waals surface area (Å²) in [5.41, 5.74) is 1.36. The first-order valence-corrected chi connectivity index (χ1v) is 9.58. The summed E-state index contributed by atoms with van der Waals surface area (Å²) in [5.74, 6) is -0.142. The zero-order valence-electron chi connectivity index (χ0n) is 14.9. The third-order valence-corrected chi connectivity index (χ3v) is 5.25. The topological polar surface area (TPSA) is 38.3 Å². The summed E-state index contributed by atoms with van der Waals surface area (Å²) in [6.45, 7) is -2.82. The van der Waals surface area contributed by atoms with Crippen molar-refractivity contribution in [1.82, 2.24) is 5.32 Å². The standard InChI is InChI=1S/C22H19F2NO2S/c23-22(24)27-19-14-8-7-11-17(19)15-25-21(26)20(16-9-3-1-4-10-16)28-18-12-5-2-6-13-18/h1-14,20,22H,15H2,(H,25,26). The Morgan fingerprint density at radius 2 is 1.50 bits per heavy atom. The number of amides is 1. The number of thioether (sulfide) groups is 1. The summed E-state index contributed by atoms with van der Waals surface area (Å²) in [4.78, 5) is 13.9. The number of alkyl halides is 2. The van der Waals surface area contributed by atoms with Crippen LogP contribution >= 0.6 is 11.8 Å². The zero-order chi connectivity index (χ0) is 19.8. The molecule has 0 bridgehead atoms. The van der Waals surface area contributed by atoms with E-state index in [0.717, 1.165) is 10.5 Å². The highest BCUT2D eigenvalue weighted by Crippen LogP contribution is 2.35. The second-order valence-electron chi connectivity index (χ2n) is 5.93. The number of carbonyl (C=O) groups is 1. The Balaban J connectivity index is 1.75. The van der Waals surface area contributed by atoms with Gasteiger partial charge in [0.25, 0.3) is 0 Å². The molecular formula is C22H19F2NO2S. The van der Waals surface area contributed by atoms with Crippen LogP contribution in [0.15, 0.2) is 89.8 Å². The normalized spacial score (nSPS) is 11.8. The molecule has 0 aromatic heterocycles. The maximum atomic E-state index is 12.9. The van der Waals surface area contributed by atoms with Crippen LogP contribution in [-0.2, 0) is 11.3 Å². The minimum Gasteiger partial charge on any atom is -0.434 e. The van der Waals surface area contributed by atoms with Gasteiger partial charge in [0.2, 0.25) is 5.91 Å². The SMILES string of the molecule is O=C(NCc1ccccc1OC(F)F)C(Sc1ccccc1)c1ccccc1. The van der Waals surface area contributed by atoms with Crippen LogP contribution in [0, 0.1) is 0 Å². The van der Waals surface area contributed by atoms with Gasteiger partial charge in [-0.3, -0.25) is 4.79 Å². The molecule has 0 aliphatic carbocycles. The number of halogens is 2. The highest BCUT2D eigenvalue weighted by Gasteiger charge is 2.22. The van der Waals surface area contributed by atoms with Crippen LogP contribution in [0.1, 0.15) is 16.4 Å². The van der Waals surface area contributed by atoms with Crippen LogP contribution in [0.3, 0.4) is 0 Å². The van der Waals surface area contributed by atoms with Crippen molar-refractivity contribution in [3.05, 3.63) is 96.1 Å². The predicted molar refractivity (Wildman–Crippen MR) is 106 cm³/mol. The van der Waals surface area contributed by atoms with Gasteiger partial charge in [0.05, 0.1) is 0 Å². The van der Waals surface area contributed by atoms with Crippen LogP contribution in [0.4, 0.5) is 8.78 Å². The van der Waals surface area contributed by atoms with Crippen LogP contribution in [0.25, 0.3) is 0 Å². The number of hydrogen-bond acceptors (Lipinski definition) is 3. The van der Waals surface area contributed by atoms with Crippen LogP contribution in [0.5, 0.6) is 5.75 Å². The summed E-state index contributed by atoms with van der Waals surface area (Å²) in [7, 11) is 0. The smallest absolute Gasteiger partial charge is 0.387 e. The molecule has 0 saturated heterocycles. The van der Waals surface area contributed by atoms with Gasteiger partial charge in [-0.2, -0.15) is 8.78 Å². The van der Waals surface area contributed by atoms with Crippen molar-refractivity contribution >= 4 is 17.7 Å². The maximum absolute atomic E-state index is 12.9. The highest BCUT2D eigenvalue weighted by molar-refractivity contribution is 8.00. The van der Waals surface area contributed by atoms with E-state index in [2.05, 4.69) is 10.1 Å². The van der Waals surface area contributed by atoms with E-state index in [-0.39, 0.29) is 18.2 Å². The van der Waals surface area contributed by atoms with Crippen molar-refractivity contribution in [3.63, 3.8) is 0 Å². The summed E-state index contributed by atoms with van der Waals surface area (Å²) in [5, 5.41) is 2.38. The Bertz CT molecular complexity index is 891. The summed E-state index contributed by atoms with van der Waals surface area (Å²) >= 11 is 1.44. The van der Waals surface area contributed by atoms with Gasteiger partial charge in [-0.15, -0.1) is 11.8 Å². The third-order valence-electron chi connectivity index (χ3n) is 3.98. The molecule has 0 aliphatic rings. The van der Waals surface area contributed by atoms with Crippen molar-refractivity contribution in [2.45, 2.75) is 23.3 Å². The molecule has 0 radical (unpaired) electrons. The fourth-order valence-electron chi connectivity index (χ4n) is 2.67. The molecule has 1 N–H and O–H groups in total. The average Bonchev–Trinajstić information content (AvgIpc) is 2.72. The van der Waals surface area contributed by atoms with Crippen molar-refractivity contribution in [2.24, 2.45) is 0 Å². The van der Waals surface area contributed by atoms with Crippen LogP contribution in [-0.4, -0.2) is 12.5 Å². The fourth-order valence-corrected chi connectivity index (χ4v) is 3.74. The van der Waals surface area contributed by atoms with E-state index < -0.39 is 11.9 Å². The number of hydrogen-bond donors (Lipinski definition) is 1. The Labute approximate surface area is 166 Å². The largest absolute Gasteiger partial charge is 0.434 e. The first kappa shape index (κ1) is 19.9. The molecule has 28 heavy (non-hydrogen) atoms. The molecular weight excluding hydrogens is 380 g/mol. The average molecular weight is 399 g/mol. The number of ether oxygens (including phenoxy) is 1. The molecule has 6 heteroatoms. The second-order valence-corrected chi connectivity index (χ2v) is 7.10. The molecule has 1 unspecified atom stereocenters. The molecule has 0 aliphatic heterocycles. The van der Waals surface area contributed by atoms with Gasteiger partial charge in [0, 0.05) is 17.0 Å². The molecule has 3 aromatic rings. The number of para-hydroxylation sites is 1. The molecule has 0 saturated carbocycles. The first-order chi connectivity index (χ1) is 13.6.